The van der Waals surface area contributed by atoms with Crippen LogP contribution in [0.15, 0.2) is 12.1 Å². The number of thiophene rings is 1. The Bertz CT molecular complexity index is 436. The molecule has 7 heteroatoms. The fourth-order valence-corrected chi connectivity index (χ4v) is 2.43. The van der Waals surface area contributed by atoms with E-state index in [-0.39, 0.29) is 24.8 Å². The summed E-state index contributed by atoms with van der Waals surface area (Å²) in [6.07, 6.45) is 0.00683. The molecule has 1 heterocycles. The average molecular weight is 291 g/mol. The van der Waals surface area contributed by atoms with E-state index in [2.05, 4.69) is 5.32 Å². The number of carboxylic acid groups (broad SMARTS) is 1. The maximum Gasteiger partial charge on any atom is 0.303 e. The molecule has 2 unspecified atom stereocenters. The van der Waals surface area contributed by atoms with E-state index < -0.39 is 12.0 Å². The van der Waals surface area contributed by atoms with Crippen LogP contribution in [0.1, 0.15) is 30.7 Å². The van der Waals surface area contributed by atoms with Gasteiger partial charge in [-0.25, -0.2) is 0 Å². The molecular weight excluding hydrogens is 276 g/mol. The fraction of sp³-hybridized carbons (Fsp3) is 0.455. The van der Waals surface area contributed by atoms with Gasteiger partial charge in [-0.05, 0) is 25.5 Å². The molecule has 0 saturated heterocycles. The van der Waals surface area contributed by atoms with Gasteiger partial charge in [0.1, 0.15) is 0 Å². The maximum absolute atomic E-state index is 11.7. The molecule has 0 spiro atoms. The van der Waals surface area contributed by atoms with E-state index in [1.807, 2.05) is 13.0 Å². The van der Waals surface area contributed by atoms with Crippen LogP contribution in [-0.2, 0) is 9.59 Å². The minimum atomic E-state index is -0.962. The van der Waals surface area contributed by atoms with Gasteiger partial charge in [0, 0.05) is 11.3 Å². The first-order valence-electron chi connectivity index (χ1n) is 5.43. The second-order valence-electron chi connectivity index (χ2n) is 3.91. The number of rotatable bonds is 6. The third-order valence-electron chi connectivity index (χ3n) is 2.39. The van der Waals surface area contributed by atoms with Crippen molar-refractivity contribution in [2.75, 3.05) is 0 Å². The highest BCUT2D eigenvalue weighted by molar-refractivity contribution is 7.16. The third kappa shape index (κ3) is 4.64. The topological polar surface area (TPSA) is 92.4 Å². The molecule has 0 bridgehead atoms. The van der Waals surface area contributed by atoms with E-state index in [1.165, 1.54) is 11.3 Å². The van der Waals surface area contributed by atoms with E-state index in [9.17, 15) is 9.59 Å². The summed E-state index contributed by atoms with van der Waals surface area (Å²) in [5.74, 6) is -1.32. The molecule has 18 heavy (non-hydrogen) atoms. The number of halogens is 1. The number of hydrogen-bond donors (Lipinski definition) is 3. The largest absolute Gasteiger partial charge is 0.481 e. The monoisotopic (exact) mass is 290 g/mol. The highest BCUT2D eigenvalue weighted by Gasteiger charge is 2.18. The number of amides is 1. The standard InChI is InChI=1S/C11H15ClN2O3S/c1-6(8-3-4-9(12)18-8)14-11(17)7(13)2-5-10(15)16/h3-4,6-7H,2,5,13H2,1H3,(H,14,17)(H,15,16). The fourth-order valence-electron chi connectivity index (χ4n) is 1.36. The van der Waals surface area contributed by atoms with Crippen molar-refractivity contribution in [1.29, 1.82) is 0 Å². The van der Waals surface area contributed by atoms with Crippen molar-refractivity contribution in [2.24, 2.45) is 5.73 Å². The average Bonchev–Trinajstić information content (AvgIpc) is 2.72. The van der Waals surface area contributed by atoms with Gasteiger partial charge >= 0.3 is 5.97 Å². The van der Waals surface area contributed by atoms with Gasteiger partial charge in [0.15, 0.2) is 0 Å². The number of nitrogens with one attached hydrogen (secondary N) is 1. The van der Waals surface area contributed by atoms with Gasteiger partial charge in [-0.15, -0.1) is 11.3 Å². The summed E-state index contributed by atoms with van der Waals surface area (Å²) in [5, 5.41) is 11.2. The SMILES string of the molecule is CC(NC(=O)C(N)CCC(=O)O)c1ccc(Cl)s1. The highest BCUT2D eigenvalue weighted by atomic mass is 35.5. The van der Waals surface area contributed by atoms with Gasteiger partial charge in [0.25, 0.3) is 0 Å². The molecule has 0 aliphatic rings. The van der Waals surface area contributed by atoms with Gasteiger partial charge in [0.2, 0.25) is 5.91 Å². The summed E-state index contributed by atoms with van der Waals surface area (Å²) >= 11 is 7.19. The van der Waals surface area contributed by atoms with Gasteiger partial charge in [0.05, 0.1) is 16.4 Å². The van der Waals surface area contributed by atoms with Gasteiger partial charge in [-0.3, -0.25) is 9.59 Å². The quantitative estimate of drug-likeness (QED) is 0.744. The summed E-state index contributed by atoms with van der Waals surface area (Å²) in [4.78, 5) is 23.0. The van der Waals surface area contributed by atoms with Crippen LogP contribution in [-0.4, -0.2) is 23.0 Å². The second kappa shape index (κ2) is 6.72. The van der Waals surface area contributed by atoms with Crippen LogP contribution in [0.3, 0.4) is 0 Å². The molecule has 1 amide bonds. The molecule has 2 atom stereocenters. The normalized spacial score (nSPS) is 13.9. The van der Waals surface area contributed by atoms with Gasteiger partial charge in [-0.1, -0.05) is 11.6 Å². The molecular formula is C11H15ClN2O3S. The van der Waals surface area contributed by atoms with Gasteiger partial charge < -0.3 is 16.2 Å². The lowest BCUT2D eigenvalue weighted by molar-refractivity contribution is -0.137. The van der Waals surface area contributed by atoms with Crippen molar-refractivity contribution >= 4 is 34.8 Å². The zero-order chi connectivity index (χ0) is 13.7. The molecule has 0 fully saturated rings. The Morgan fingerprint density at radius 1 is 1.56 bits per heavy atom. The predicted octanol–water partition coefficient (Wildman–Crippen LogP) is 1.77. The second-order valence-corrected chi connectivity index (χ2v) is 5.66. The number of aliphatic carboxylic acids is 1. The summed E-state index contributed by atoms with van der Waals surface area (Å²) < 4.78 is 0.654. The number of carboxylic acids is 1. The number of carbonyl (C=O) groups is 2. The lowest BCUT2D eigenvalue weighted by atomic mass is 10.1. The first-order valence-corrected chi connectivity index (χ1v) is 6.62. The van der Waals surface area contributed by atoms with E-state index in [0.717, 1.165) is 4.88 Å². The first-order chi connectivity index (χ1) is 8.40. The van der Waals surface area contributed by atoms with Gasteiger partial charge in [-0.2, -0.15) is 0 Å². The predicted molar refractivity (Wildman–Crippen MR) is 70.7 cm³/mol. The van der Waals surface area contributed by atoms with Crippen molar-refractivity contribution < 1.29 is 14.7 Å². The van der Waals surface area contributed by atoms with E-state index in [1.54, 1.807) is 6.07 Å². The minimum absolute atomic E-state index is 0.117. The van der Waals surface area contributed by atoms with Crippen molar-refractivity contribution in [3.63, 3.8) is 0 Å². The molecule has 1 rings (SSSR count). The van der Waals surface area contributed by atoms with E-state index in [0.29, 0.717) is 4.34 Å². The number of carbonyl (C=O) groups excluding carboxylic acids is 1. The summed E-state index contributed by atoms with van der Waals surface area (Å²) in [6.45, 7) is 1.82. The Kier molecular flexibility index (Phi) is 5.58. The molecule has 1 aromatic rings. The van der Waals surface area contributed by atoms with Crippen molar-refractivity contribution in [3.05, 3.63) is 21.3 Å². The third-order valence-corrected chi connectivity index (χ3v) is 3.80. The van der Waals surface area contributed by atoms with Crippen molar-refractivity contribution in [2.45, 2.75) is 31.8 Å². The molecule has 5 nitrogen and oxygen atoms in total. The zero-order valence-electron chi connectivity index (χ0n) is 9.85. The summed E-state index contributed by atoms with van der Waals surface area (Å²) in [5.41, 5.74) is 5.60. The molecule has 1 aromatic heterocycles. The summed E-state index contributed by atoms with van der Waals surface area (Å²) in [6, 6.07) is 2.60. The smallest absolute Gasteiger partial charge is 0.303 e. The number of hydrogen-bond acceptors (Lipinski definition) is 4. The molecule has 0 saturated carbocycles. The van der Waals surface area contributed by atoms with Crippen LogP contribution in [0, 0.1) is 0 Å². The Labute approximate surface area is 114 Å². The lowest BCUT2D eigenvalue weighted by Crippen LogP contribution is -2.41. The Hall–Kier alpha value is -1.11. The minimum Gasteiger partial charge on any atom is -0.481 e. The zero-order valence-corrected chi connectivity index (χ0v) is 11.4. The lowest BCUT2D eigenvalue weighted by Gasteiger charge is -2.16. The molecule has 0 aliphatic carbocycles. The molecule has 100 valence electrons. The first kappa shape index (κ1) is 14.9. The number of nitrogens with two attached hydrogens (primary N) is 1. The van der Waals surface area contributed by atoms with E-state index >= 15 is 0 Å². The molecule has 4 N–H and O–H groups in total. The molecule has 0 aliphatic heterocycles. The molecule has 0 radical (unpaired) electrons. The Balaban J connectivity index is 2.46. The van der Waals surface area contributed by atoms with Crippen LogP contribution in [0.4, 0.5) is 0 Å². The van der Waals surface area contributed by atoms with E-state index in [4.69, 9.17) is 22.4 Å². The van der Waals surface area contributed by atoms with Crippen LogP contribution in [0.25, 0.3) is 0 Å². The molecule has 0 aromatic carbocycles. The Morgan fingerprint density at radius 3 is 2.72 bits per heavy atom. The summed E-state index contributed by atoms with van der Waals surface area (Å²) in [7, 11) is 0. The highest BCUT2D eigenvalue weighted by Crippen LogP contribution is 2.26. The van der Waals surface area contributed by atoms with Crippen LogP contribution >= 0.6 is 22.9 Å². The van der Waals surface area contributed by atoms with Crippen molar-refractivity contribution in [3.8, 4) is 0 Å². The van der Waals surface area contributed by atoms with Crippen LogP contribution < -0.4 is 11.1 Å². The Morgan fingerprint density at radius 2 is 2.22 bits per heavy atom. The van der Waals surface area contributed by atoms with Crippen molar-refractivity contribution in [1.82, 2.24) is 5.32 Å². The maximum atomic E-state index is 11.7. The van der Waals surface area contributed by atoms with Crippen LogP contribution in [0.5, 0.6) is 0 Å². The van der Waals surface area contributed by atoms with Crippen LogP contribution in [0.2, 0.25) is 4.34 Å².